The van der Waals surface area contributed by atoms with Crippen molar-refractivity contribution < 1.29 is 0 Å². The first kappa shape index (κ1) is 12.2. The predicted octanol–water partition coefficient (Wildman–Crippen LogP) is 2.67. The molecule has 1 saturated heterocycles. The Labute approximate surface area is 124 Å². The van der Waals surface area contributed by atoms with E-state index in [1.165, 1.54) is 9.60 Å². The van der Waals surface area contributed by atoms with E-state index in [2.05, 4.69) is 39.6 Å². The summed E-state index contributed by atoms with van der Waals surface area (Å²) in [7, 11) is 0. The van der Waals surface area contributed by atoms with Crippen LogP contribution in [0.25, 0.3) is 10.2 Å². The summed E-state index contributed by atoms with van der Waals surface area (Å²) < 4.78 is 1.26. The molecule has 3 heterocycles. The Kier molecular flexibility index (Phi) is 2.89. The molecular weight excluding hydrogens is 290 g/mol. The maximum Gasteiger partial charge on any atom is 0.186 e. The average Bonchev–Trinajstić information content (AvgIpc) is 3.05. The molecule has 0 atom stereocenters. The lowest BCUT2D eigenvalue weighted by Gasteiger charge is -2.37. The van der Waals surface area contributed by atoms with Crippen LogP contribution in [0.4, 0.5) is 5.13 Å². The van der Waals surface area contributed by atoms with Crippen LogP contribution in [-0.2, 0) is 0 Å². The highest BCUT2D eigenvalue weighted by atomic mass is 32.2. The van der Waals surface area contributed by atoms with E-state index in [0.717, 1.165) is 23.7 Å². The summed E-state index contributed by atoms with van der Waals surface area (Å²) in [6.07, 6.45) is 5.55. The number of nitrogens with zero attached hydrogens (tertiary/aromatic N) is 5. The van der Waals surface area contributed by atoms with Crippen LogP contribution in [0.3, 0.4) is 0 Å². The van der Waals surface area contributed by atoms with Gasteiger partial charge in [-0.1, -0.05) is 11.3 Å². The number of thioether (sulfide) groups is 1. The zero-order valence-corrected chi connectivity index (χ0v) is 12.6. The third-order valence-electron chi connectivity index (χ3n) is 3.48. The Bertz CT molecular complexity index is 730. The maximum atomic E-state index is 4.71. The third kappa shape index (κ3) is 1.97. The van der Waals surface area contributed by atoms with Crippen LogP contribution >= 0.6 is 23.1 Å². The van der Waals surface area contributed by atoms with Crippen LogP contribution < -0.4 is 4.90 Å². The zero-order valence-electron chi connectivity index (χ0n) is 10.9. The van der Waals surface area contributed by atoms with Gasteiger partial charge in [-0.3, -0.25) is 0 Å². The molecule has 5 nitrogen and oxygen atoms in total. The molecule has 102 valence electrons. The van der Waals surface area contributed by atoms with Gasteiger partial charge in [0.25, 0.3) is 0 Å². The molecule has 20 heavy (non-hydrogen) atoms. The van der Waals surface area contributed by atoms with Crippen molar-refractivity contribution in [3.8, 4) is 0 Å². The van der Waals surface area contributed by atoms with Gasteiger partial charge in [-0.2, -0.15) is 15.0 Å². The summed E-state index contributed by atoms with van der Waals surface area (Å²) in [6.45, 7) is 1.87. The number of benzene rings is 1. The lowest BCUT2D eigenvalue weighted by Crippen LogP contribution is -2.48. The Morgan fingerprint density at radius 2 is 2.05 bits per heavy atom. The zero-order chi connectivity index (χ0) is 13.5. The molecule has 0 bridgehead atoms. The minimum absolute atomic E-state index is 0.374. The van der Waals surface area contributed by atoms with Gasteiger partial charge < -0.3 is 4.90 Å². The van der Waals surface area contributed by atoms with Gasteiger partial charge >= 0.3 is 0 Å². The van der Waals surface area contributed by atoms with E-state index in [1.807, 2.05) is 0 Å². The van der Waals surface area contributed by atoms with Crippen molar-refractivity contribution >= 4 is 38.4 Å². The van der Waals surface area contributed by atoms with Crippen molar-refractivity contribution in [3.05, 3.63) is 30.6 Å². The highest BCUT2D eigenvalue weighted by molar-refractivity contribution is 7.98. The fourth-order valence-electron chi connectivity index (χ4n) is 2.33. The van der Waals surface area contributed by atoms with Gasteiger partial charge in [0.15, 0.2) is 5.13 Å². The molecule has 0 N–H and O–H groups in total. The van der Waals surface area contributed by atoms with Crippen molar-refractivity contribution in [1.82, 2.24) is 20.0 Å². The summed E-state index contributed by atoms with van der Waals surface area (Å²) in [5.74, 6) is 0. The van der Waals surface area contributed by atoms with Gasteiger partial charge in [0, 0.05) is 18.0 Å². The summed E-state index contributed by atoms with van der Waals surface area (Å²) in [5.41, 5.74) is 1.09. The van der Waals surface area contributed by atoms with Crippen molar-refractivity contribution in [2.45, 2.75) is 10.9 Å². The molecule has 1 aliphatic heterocycles. The molecule has 0 aliphatic carbocycles. The Balaban J connectivity index is 1.55. The van der Waals surface area contributed by atoms with Gasteiger partial charge in [-0.15, -0.1) is 11.8 Å². The fourth-order valence-corrected chi connectivity index (χ4v) is 3.86. The van der Waals surface area contributed by atoms with Gasteiger partial charge in [0.05, 0.1) is 22.6 Å². The van der Waals surface area contributed by atoms with Crippen molar-refractivity contribution in [3.63, 3.8) is 0 Å². The smallest absolute Gasteiger partial charge is 0.186 e. The summed E-state index contributed by atoms with van der Waals surface area (Å²) in [5, 5.41) is 9.48. The number of aromatic nitrogens is 4. The fraction of sp³-hybridized carbons (Fsp3) is 0.308. The average molecular weight is 303 g/mol. The molecule has 0 saturated carbocycles. The first-order valence-electron chi connectivity index (χ1n) is 6.39. The molecule has 1 fully saturated rings. The summed E-state index contributed by atoms with van der Waals surface area (Å²) in [4.78, 5) is 10.1. The first-order valence-corrected chi connectivity index (χ1v) is 8.43. The molecule has 7 heteroatoms. The SMILES string of the molecule is CSc1ccc2nc(N3CC(n4nccn4)C3)sc2c1. The largest absolute Gasteiger partial charge is 0.343 e. The molecule has 1 aliphatic rings. The topological polar surface area (TPSA) is 46.8 Å². The minimum Gasteiger partial charge on any atom is -0.343 e. The quantitative estimate of drug-likeness (QED) is 0.696. The number of thiazole rings is 1. The number of anilines is 1. The highest BCUT2D eigenvalue weighted by Gasteiger charge is 2.31. The minimum atomic E-state index is 0.374. The van der Waals surface area contributed by atoms with Crippen molar-refractivity contribution in [2.24, 2.45) is 0 Å². The second kappa shape index (κ2) is 4.75. The standard InChI is InChI=1S/C13H13N5S2/c1-19-10-2-3-11-12(6-10)20-13(16-11)17-7-9(8-17)18-14-4-5-15-18/h2-6,9H,7-8H2,1H3. The first-order chi connectivity index (χ1) is 9.83. The molecule has 3 aromatic rings. The number of fused-ring (bicyclic) bond motifs is 1. The van der Waals surface area contributed by atoms with Crippen molar-refractivity contribution in [1.29, 1.82) is 0 Å². The van der Waals surface area contributed by atoms with Gasteiger partial charge in [-0.05, 0) is 24.5 Å². The van der Waals surface area contributed by atoms with E-state index in [1.54, 1.807) is 40.3 Å². The van der Waals surface area contributed by atoms with E-state index in [-0.39, 0.29) is 0 Å². The number of rotatable bonds is 3. The Hall–Kier alpha value is -1.60. The lowest BCUT2D eigenvalue weighted by molar-refractivity contribution is 0.332. The molecule has 4 rings (SSSR count). The second-order valence-electron chi connectivity index (χ2n) is 4.74. The van der Waals surface area contributed by atoms with Crippen LogP contribution in [0.2, 0.25) is 0 Å². The van der Waals surface area contributed by atoms with E-state index in [9.17, 15) is 0 Å². The molecule has 1 aromatic carbocycles. The normalized spacial score (nSPS) is 15.8. The van der Waals surface area contributed by atoms with Crippen LogP contribution in [0.1, 0.15) is 6.04 Å². The van der Waals surface area contributed by atoms with E-state index in [4.69, 9.17) is 4.98 Å². The van der Waals surface area contributed by atoms with Gasteiger partial charge in [0.1, 0.15) is 6.04 Å². The monoisotopic (exact) mass is 303 g/mol. The summed E-state index contributed by atoms with van der Waals surface area (Å²) >= 11 is 3.53. The van der Waals surface area contributed by atoms with E-state index < -0.39 is 0 Å². The third-order valence-corrected chi connectivity index (χ3v) is 5.28. The number of hydrogen-bond donors (Lipinski definition) is 0. The maximum absolute atomic E-state index is 4.71. The Morgan fingerprint density at radius 1 is 1.25 bits per heavy atom. The van der Waals surface area contributed by atoms with Crippen LogP contribution in [0.15, 0.2) is 35.5 Å². The molecule has 2 aromatic heterocycles. The van der Waals surface area contributed by atoms with Crippen LogP contribution in [0.5, 0.6) is 0 Å². The van der Waals surface area contributed by atoms with Crippen LogP contribution in [-0.4, -0.2) is 39.3 Å². The lowest BCUT2D eigenvalue weighted by atomic mass is 10.1. The van der Waals surface area contributed by atoms with Gasteiger partial charge in [0.2, 0.25) is 0 Å². The second-order valence-corrected chi connectivity index (χ2v) is 6.63. The van der Waals surface area contributed by atoms with Crippen LogP contribution in [0, 0.1) is 0 Å². The van der Waals surface area contributed by atoms with Gasteiger partial charge in [-0.25, -0.2) is 4.98 Å². The van der Waals surface area contributed by atoms with E-state index in [0.29, 0.717) is 6.04 Å². The molecule has 0 amide bonds. The predicted molar refractivity (Wildman–Crippen MR) is 82.7 cm³/mol. The molecule has 0 unspecified atom stereocenters. The molecule has 0 radical (unpaired) electrons. The molecular formula is C13H13N5S2. The number of hydrogen-bond acceptors (Lipinski definition) is 6. The Morgan fingerprint density at radius 3 is 2.80 bits per heavy atom. The summed E-state index contributed by atoms with van der Waals surface area (Å²) in [6, 6.07) is 6.82. The van der Waals surface area contributed by atoms with Crippen molar-refractivity contribution in [2.75, 3.05) is 24.2 Å². The highest BCUT2D eigenvalue weighted by Crippen LogP contribution is 2.35. The van der Waals surface area contributed by atoms with E-state index >= 15 is 0 Å². The molecule has 0 spiro atoms.